The third kappa shape index (κ3) is 8.05. The molecule has 1 aliphatic carbocycles. The fourth-order valence-electron chi connectivity index (χ4n) is 4.88. The highest BCUT2D eigenvalue weighted by molar-refractivity contribution is 5.89. The Hall–Kier alpha value is -3.39. The topological polar surface area (TPSA) is 99.8 Å². The molecule has 1 fully saturated rings. The van der Waals surface area contributed by atoms with Crippen LogP contribution < -0.4 is 20.7 Å². The molecule has 204 valence electrons. The Morgan fingerprint density at radius 3 is 2.29 bits per heavy atom. The molecule has 0 aromatic heterocycles. The molecule has 5 rings (SSSR count). The maximum atomic E-state index is 13.0. The number of aryl methyl sites for hydroxylation is 3. The van der Waals surface area contributed by atoms with E-state index in [1.54, 1.807) is 7.05 Å². The van der Waals surface area contributed by atoms with E-state index < -0.39 is 0 Å². The Morgan fingerprint density at radius 1 is 0.868 bits per heavy atom. The number of ether oxygens (including phenoxy) is 1. The van der Waals surface area contributed by atoms with Crippen LogP contribution in [0.1, 0.15) is 42.4 Å². The largest absolute Gasteiger partial charge is 0.489 e. The van der Waals surface area contributed by atoms with Crippen molar-refractivity contribution in [1.82, 2.24) is 20.9 Å². The summed E-state index contributed by atoms with van der Waals surface area (Å²) in [5, 5.41) is 8.88. The van der Waals surface area contributed by atoms with Crippen LogP contribution in [0.3, 0.4) is 0 Å². The molecule has 0 spiro atoms. The van der Waals surface area contributed by atoms with E-state index in [0.717, 1.165) is 49.8 Å². The second kappa shape index (κ2) is 13.4. The van der Waals surface area contributed by atoms with Crippen LogP contribution in [0.4, 0.5) is 0 Å². The van der Waals surface area contributed by atoms with E-state index in [2.05, 4.69) is 53.2 Å². The van der Waals surface area contributed by atoms with Gasteiger partial charge in [-0.15, -0.1) is 0 Å². The molecule has 2 aromatic rings. The first-order valence-electron chi connectivity index (χ1n) is 13.7. The van der Waals surface area contributed by atoms with Crippen LogP contribution in [0.25, 0.3) is 0 Å². The van der Waals surface area contributed by atoms with Gasteiger partial charge in [0.2, 0.25) is 17.7 Å². The van der Waals surface area contributed by atoms with Gasteiger partial charge >= 0.3 is 0 Å². The van der Waals surface area contributed by atoms with Crippen molar-refractivity contribution in [3.63, 3.8) is 0 Å². The van der Waals surface area contributed by atoms with E-state index in [4.69, 9.17) is 4.74 Å². The molecule has 2 heterocycles. The Labute approximate surface area is 225 Å². The van der Waals surface area contributed by atoms with Crippen LogP contribution in [-0.2, 0) is 27.2 Å². The van der Waals surface area contributed by atoms with Crippen LogP contribution in [0.15, 0.2) is 48.5 Å². The van der Waals surface area contributed by atoms with Gasteiger partial charge in [-0.3, -0.25) is 14.4 Å². The molecule has 1 saturated carbocycles. The molecule has 0 saturated heterocycles. The molecule has 0 radical (unpaired) electrons. The number of carbonyl (C=O) groups excluding carboxylic acids is 3. The highest BCUT2D eigenvalue weighted by atomic mass is 16.5. The predicted octanol–water partition coefficient (Wildman–Crippen LogP) is 2.38. The SMILES string of the molecule is CN1CC(=O)NCC(=O)NCCCc2cccc3c2OC(CC3)CNC(C2CC2)C1=O.Cc1ccccc1. The molecular formula is C30H40N4O4. The van der Waals surface area contributed by atoms with Crippen molar-refractivity contribution in [2.45, 2.75) is 57.6 Å². The van der Waals surface area contributed by atoms with Crippen molar-refractivity contribution < 1.29 is 19.1 Å². The zero-order valence-electron chi connectivity index (χ0n) is 22.5. The zero-order chi connectivity index (χ0) is 26.9. The Kier molecular flexibility index (Phi) is 9.76. The molecule has 8 nitrogen and oxygen atoms in total. The third-order valence-corrected chi connectivity index (χ3v) is 7.21. The van der Waals surface area contributed by atoms with Gasteiger partial charge in [-0.2, -0.15) is 0 Å². The van der Waals surface area contributed by atoms with Crippen molar-refractivity contribution in [1.29, 1.82) is 0 Å². The Morgan fingerprint density at radius 2 is 1.61 bits per heavy atom. The minimum atomic E-state index is -0.335. The van der Waals surface area contributed by atoms with E-state index in [9.17, 15) is 14.4 Å². The van der Waals surface area contributed by atoms with Crippen molar-refractivity contribution in [3.8, 4) is 5.75 Å². The average Bonchev–Trinajstić information content (AvgIpc) is 3.76. The van der Waals surface area contributed by atoms with E-state index in [1.165, 1.54) is 16.0 Å². The summed E-state index contributed by atoms with van der Waals surface area (Å²) in [6.07, 6.45) is 5.50. The standard InChI is InChI=1S/C23H32N4O4.C7H8/c1-27-14-20(29)25-13-19(28)24-11-3-6-16-4-2-5-17-9-10-18(31-22(16)17)12-26-21(23(27)30)15-7-8-15;1-7-5-3-2-4-6-7/h2,4-5,15,18,21,26H,3,6-14H2,1H3,(H,24,28)(H,25,29);2-6H,1H3. The molecule has 3 aliphatic rings. The summed E-state index contributed by atoms with van der Waals surface area (Å²) in [5.41, 5.74) is 3.70. The van der Waals surface area contributed by atoms with E-state index >= 15 is 0 Å². The lowest BCUT2D eigenvalue weighted by molar-refractivity contribution is -0.137. The van der Waals surface area contributed by atoms with Crippen molar-refractivity contribution in [3.05, 3.63) is 65.2 Å². The number of nitrogens with zero attached hydrogens (tertiary/aromatic N) is 1. The smallest absolute Gasteiger partial charge is 0.240 e. The van der Waals surface area contributed by atoms with Crippen LogP contribution in [0.2, 0.25) is 0 Å². The van der Waals surface area contributed by atoms with E-state index in [0.29, 0.717) is 19.0 Å². The van der Waals surface area contributed by atoms with Gasteiger partial charge in [-0.25, -0.2) is 0 Å². The van der Waals surface area contributed by atoms with Crippen molar-refractivity contribution in [2.24, 2.45) is 5.92 Å². The third-order valence-electron chi connectivity index (χ3n) is 7.21. The highest BCUT2D eigenvalue weighted by Gasteiger charge is 2.38. The van der Waals surface area contributed by atoms with Gasteiger partial charge in [0.1, 0.15) is 11.9 Å². The summed E-state index contributed by atoms with van der Waals surface area (Å²) in [7, 11) is 1.64. The average molecular weight is 521 g/mol. The lowest BCUT2D eigenvalue weighted by Gasteiger charge is -2.30. The normalized spacial score (nSPS) is 23.0. The number of rotatable bonds is 1. The molecule has 2 aromatic carbocycles. The maximum absolute atomic E-state index is 13.0. The fourth-order valence-corrected chi connectivity index (χ4v) is 4.88. The number of hydrogen-bond acceptors (Lipinski definition) is 5. The first-order chi connectivity index (χ1) is 18.4. The van der Waals surface area contributed by atoms with Gasteiger partial charge in [-0.05, 0) is 62.5 Å². The number of hydrogen-bond donors (Lipinski definition) is 3. The monoisotopic (exact) mass is 520 g/mol. The molecule has 2 bridgehead atoms. The van der Waals surface area contributed by atoms with Gasteiger partial charge in [-0.1, -0.05) is 54.1 Å². The summed E-state index contributed by atoms with van der Waals surface area (Å²) in [5.74, 6) is 0.624. The summed E-state index contributed by atoms with van der Waals surface area (Å²) in [4.78, 5) is 38.7. The highest BCUT2D eigenvalue weighted by Crippen LogP contribution is 2.34. The lowest BCUT2D eigenvalue weighted by Crippen LogP contribution is -2.51. The first kappa shape index (κ1) is 27.6. The van der Waals surface area contributed by atoms with Gasteiger partial charge < -0.3 is 25.6 Å². The number of fused-ring (bicyclic) bond motifs is 1. The molecule has 2 atom stereocenters. The fraction of sp³-hybridized carbons (Fsp3) is 0.500. The Bertz CT molecular complexity index is 1100. The second-order valence-electron chi connectivity index (χ2n) is 10.5. The molecule has 3 amide bonds. The van der Waals surface area contributed by atoms with Gasteiger partial charge in [0.15, 0.2) is 0 Å². The second-order valence-corrected chi connectivity index (χ2v) is 10.5. The van der Waals surface area contributed by atoms with Crippen LogP contribution >= 0.6 is 0 Å². The van der Waals surface area contributed by atoms with Crippen molar-refractivity contribution >= 4 is 17.7 Å². The quantitative estimate of drug-likeness (QED) is 0.536. The number of benzene rings is 2. The van der Waals surface area contributed by atoms with Gasteiger partial charge in [0, 0.05) is 20.1 Å². The Balaban J connectivity index is 0.000000417. The summed E-state index contributed by atoms with van der Waals surface area (Å²) < 4.78 is 6.37. The minimum Gasteiger partial charge on any atom is -0.489 e. The number of carbonyl (C=O) groups is 3. The van der Waals surface area contributed by atoms with Crippen LogP contribution in [0, 0.1) is 12.8 Å². The summed E-state index contributed by atoms with van der Waals surface area (Å²) in [6.45, 7) is 3.08. The van der Waals surface area contributed by atoms with E-state index in [1.807, 2.05) is 18.2 Å². The minimum absolute atomic E-state index is 0.00916. The number of likely N-dealkylation sites (N-methyl/N-ethyl adjacent to an activating group) is 1. The first-order valence-corrected chi connectivity index (χ1v) is 13.7. The molecule has 38 heavy (non-hydrogen) atoms. The molecule has 8 heteroatoms. The molecular weight excluding hydrogens is 480 g/mol. The molecule has 3 N–H and O–H groups in total. The molecule has 2 aliphatic heterocycles. The van der Waals surface area contributed by atoms with Gasteiger partial charge in [0.05, 0.1) is 19.1 Å². The molecule has 2 unspecified atom stereocenters. The zero-order valence-corrected chi connectivity index (χ0v) is 22.5. The summed E-state index contributed by atoms with van der Waals surface area (Å²) >= 11 is 0. The van der Waals surface area contributed by atoms with E-state index in [-0.39, 0.29) is 43.0 Å². The summed E-state index contributed by atoms with van der Waals surface area (Å²) in [6, 6.07) is 16.2. The number of amides is 3. The van der Waals surface area contributed by atoms with Gasteiger partial charge in [0.25, 0.3) is 0 Å². The van der Waals surface area contributed by atoms with Crippen LogP contribution in [0.5, 0.6) is 5.75 Å². The lowest BCUT2D eigenvalue weighted by atomic mass is 9.97. The maximum Gasteiger partial charge on any atom is 0.240 e. The van der Waals surface area contributed by atoms with Crippen molar-refractivity contribution in [2.75, 3.05) is 33.2 Å². The number of nitrogens with one attached hydrogen (secondary N) is 3. The number of para-hydroxylation sites is 1. The van der Waals surface area contributed by atoms with Crippen LogP contribution in [-0.4, -0.2) is 68.0 Å². The predicted molar refractivity (Wildman–Crippen MR) is 147 cm³/mol.